The maximum atomic E-state index is 13.8. The van der Waals surface area contributed by atoms with Crippen molar-refractivity contribution < 1.29 is 24.1 Å². The molecule has 0 heterocycles. The number of carbonyl (C=O) groups is 1. The average molecular weight is 393 g/mol. The molecule has 0 aliphatic rings. The van der Waals surface area contributed by atoms with Gasteiger partial charge in [0.2, 0.25) is 0 Å². The molecule has 0 saturated carbocycles. The van der Waals surface area contributed by atoms with Crippen LogP contribution in [0.2, 0.25) is 0 Å². The van der Waals surface area contributed by atoms with E-state index in [1.165, 1.54) is 12.1 Å². The lowest BCUT2D eigenvalue weighted by molar-refractivity contribution is 0.0150. The normalized spacial score (nSPS) is 12.5. The number of ether oxygens (including phenoxy) is 1. The summed E-state index contributed by atoms with van der Waals surface area (Å²) >= 11 is 1.59. The molecule has 0 fully saturated rings. The molecule has 2 aromatic carbocycles. The van der Waals surface area contributed by atoms with E-state index in [1.54, 1.807) is 23.9 Å². The summed E-state index contributed by atoms with van der Waals surface area (Å²) in [5.74, 6) is -1.27. The number of nitrogens with one attached hydrogen (secondary N) is 1. The van der Waals surface area contributed by atoms with Gasteiger partial charge in [0.1, 0.15) is 6.10 Å². The summed E-state index contributed by atoms with van der Waals surface area (Å²) in [5, 5.41) is 21.4. The highest BCUT2D eigenvalue weighted by Crippen LogP contribution is 2.40. The molecule has 0 radical (unpaired) electrons. The minimum absolute atomic E-state index is 0.106. The highest BCUT2D eigenvalue weighted by molar-refractivity contribution is 7.98. The summed E-state index contributed by atoms with van der Waals surface area (Å²) in [6.07, 6.45) is 0.804. The van der Waals surface area contributed by atoms with Gasteiger partial charge in [0.25, 0.3) is 0 Å². The minimum atomic E-state index is -0.815. The number of amides is 1. The van der Waals surface area contributed by atoms with Crippen molar-refractivity contribution in [1.29, 1.82) is 0 Å². The summed E-state index contributed by atoms with van der Waals surface area (Å²) in [6, 6.07) is 11.1. The van der Waals surface area contributed by atoms with E-state index in [0.29, 0.717) is 17.7 Å². The van der Waals surface area contributed by atoms with E-state index in [-0.39, 0.29) is 6.61 Å². The van der Waals surface area contributed by atoms with Crippen LogP contribution in [-0.2, 0) is 4.74 Å². The van der Waals surface area contributed by atoms with Crippen LogP contribution in [0.3, 0.4) is 0 Å². The van der Waals surface area contributed by atoms with Gasteiger partial charge in [0.15, 0.2) is 11.6 Å². The first-order valence-corrected chi connectivity index (χ1v) is 9.70. The molecule has 1 amide bonds. The van der Waals surface area contributed by atoms with Crippen molar-refractivity contribution >= 4 is 23.5 Å². The third kappa shape index (κ3) is 5.61. The molecule has 0 aliphatic heterocycles. The molecule has 27 heavy (non-hydrogen) atoms. The zero-order valence-corrected chi connectivity index (χ0v) is 16.3. The van der Waals surface area contributed by atoms with Crippen molar-refractivity contribution in [2.45, 2.75) is 31.3 Å². The third-order valence-corrected chi connectivity index (χ3v) is 5.05. The molecule has 146 valence electrons. The molecular weight excluding hydrogens is 369 g/mol. The number of aromatic hydroxyl groups is 1. The SMILES string of the molecule is CSc1ccc(NC(=O)O[C@H](c2ccc(O)c(F)c2)C(C)(C)CCO)cc1. The van der Waals surface area contributed by atoms with Crippen molar-refractivity contribution in [1.82, 2.24) is 0 Å². The highest BCUT2D eigenvalue weighted by Gasteiger charge is 2.34. The third-order valence-electron chi connectivity index (χ3n) is 4.30. The van der Waals surface area contributed by atoms with E-state index >= 15 is 0 Å². The lowest BCUT2D eigenvalue weighted by Crippen LogP contribution is -2.29. The van der Waals surface area contributed by atoms with Gasteiger partial charge in [0, 0.05) is 22.6 Å². The van der Waals surface area contributed by atoms with Crippen LogP contribution in [0.5, 0.6) is 5.75 Å². The molecule has 7 heteroatoms. The maximum absolute atomic E-state index is 13.8. The lowest BCUT2D eigenvalue weighted by Gasteiger charge is -2.33. The maximum Gasteiger partial charge on any atom is 0.412 e. The number of anilines is 1. The van der Waals surface area contributed by atoms with Crippen LogP contribution in [0.25, 0.3) is 0 Å². The van der Waals surface area contributed by atoms with Crippen molar-refractivity contribution in [3.8, 4) is 5.75 Å². The van der Waals surface area contributed by atoms with Crippen LogP contribution in [0.4, 0.5) is 14.9 Å². The van der Waals surface area contributed by atoms with Gasteiger partial charge in [-0.1, -0.05) is 19.9 Å². The number of rotatable bonds is 7. The van der Waals surface area contributed by atoms with Crippen LogP contribution >= 0.6 is 11.8 Å². The Kier molecular flexibility index (Phi) is 7.10. The molecule has 0 spiro atoms. The summed E-state index contributed by atoms with van der Waals surface area (Å²) in [6.45, 7) is 3.53. The van der Waals surface area contributed by atoms with Crippen LogP contribution in [-0.4, -0.2) is 29.2 Å². The quantitative estimate of drug-likeness (QED) is 0.580. The Bertz CT molecular complexity index is 780. The van der Waals surface area contributed by atoms with Crippen molar-refractivity contribution in [3.63, 3.8) is 0 Å². The lowest BCUT2D eigenvalue weighted by atomic mass is 9.80. The molecule has 5 nitrogen and oxygen atoms in total. The second-order valence-electron chi connectivity index (χ2n) is 6.81. The van der Waals surface area contributed by atoms with Gasteiger partial charge in [-0.05, 0) is 54.6 Å². The van der Waals surface area contributed by atoms with Crippen LogP contribution in [0.15, 0.2) is 47.4 Å². The minimum Gasteiger partial charge on any atom is -0.505 e. The average Bonchev–Trinajstić information content (AvgIpc) is 2.62. The summed E-state index contributed by atoms with van der Waals surface area (Å²) in [4.78, 5) is 13.5. The highest BCUT2D eigenvalue weighted by atomic mass is 32.2. The molecule has 1 atom stereocenters. The Hall–Kier alpha value is -2.25. The second-order valence-corrected chi connectivity index (χ2v) is 7.69. The Morgan fingerprint density at radius 2 is 1.93 bits per heavy atom. The number of thioether (sulfide) groups is 1. The standard InChI is InChI=1S/C20H24FNO4S/c1-20(2,10-11-23)18(13-4-9-17(24)16(21)12-13)26-19(25)22-14-5-7-15(27-3)8-6-14/h4-9,12,18,23-24H,10-11H2,1-3H3,(H,22,25)/t18-/m1/s1. The fourth-order valence-electron chi connectivity index (χ4n) is 2.71. The number of hydrogen-bond donors (Lipinski definition) is 3. The number of phenolic OH excluding ortho intramolecular Hbond substituents is 1. The van der Waals surface area contributed by atoms with Gasteiger partial charge in [-0.3, -0.25) is 5.32 Å². The number of hydrogen-bond acceptors (Lipinski definition) is 5. The summed E-state index contributed by atoms with van der Waals surface area (Å²) in [7, 11) is 0. The molecule has 2 aromatic rings. The van der Waals surface area contributed by atoms with Gasteiger partial charge in [-0.2, -0.15) is 0 Å². The number of halogens is 1. The first-order chi connectivity index (χ1) is 12.8. The van der Waals surface area contributed by atoms with Crippen LogP contribution in [0, 0.1) is 11.2 Å². The summed E-state index contributed by atoms with van der Waals surface area (Å²) in [5.41, 5.74) is 0.322. The van der Waals surface area contributed by atoms with Gasteiger partial charge in [-0.15, -0.1) is 11.8 Å². The number of aliphatic hydroxyl groups excluding tert-OH is 1. The van der Waals surface area contributed by atoms with E-state index in [2.05, 4.69) is 5.32 Å². The van der Waals surface area contributed by atoms with Gasteiger partial charge < -0.3 is 14.9 Å². The molecule has 3 N–H and O–H groups in total. The zero-order chi connectivity index (χ0) is 20.0. The van der Waals surface area contributed by atoms with Gasteiger partial charge >= 0.3 is 6.09 Å². The van der Waals surface area contributed by atoms with E-state index in [0.717, 1.165) is 11.0 Å². The number of phenols is 1. The summed E-state index contributed by atoms with van der Waals surface area (Å²) < 4.78 is 19.4. The van der Waals surface area contributed by atoms with Crippen LogP contribution in [0.1, 0.15) is 31.9 Å². The van der Waals surface area contributed by atoms with E-state index < -0.39 is 29.2 Å². The zero-order valence-electron chi connectivity index (χ0n) is 15.5. The number of aliphatic hydroxyl groups is 1. The topological polar surface area (TPSA) is 78.8 Å². The van der Waals surface area contributed by atoms with E-state index in [4.69, 9.17) is 4.74 Å². The van der Waals surface area contributed by atoms with Crippen LogP contribution < -0.4 is 5.32 Å². The first kappa shape index (κ1) is 21.1. The van der Waals surface area contributed by atoms with Gasteiger partial charge in [-0.25, -0.2) is 9.18 Å². The second kappa shape index (κ2) is 9.10. The molecule has 0 saturated heterocycles. The monoisotopic (exact) mass is 393 g/mol. The molecule has 0 aliphatic carbocycles. The van der Waals surface area contributed by atoms with E-state index in [1.807, 2.05) is 32.2 Å². The number of carbonyl (C=O) groups excluding carboxylic acids is 1. The fraction of sp³-hybridized carbons (Fsp3) is 0.350. The van der Waals surface area contributed by atoms with Gasteiger partial charge in [0.05, 0.1) is 0 Å². The first-order valence-electron chi connectivity index (χ1n) is 8.48. The smallest absolute Gasteiger partial charge is 0.412 e. The van der Waals surface area contributed by atoms with E-state index in [9.17, 15) is 19.4 Å². The Labute approximate surface area is 162 Å². The predicted octanol–water partition coefficient (Wildman–Crippen LogP) is 4.95. The van der Waals surface area contributed by atoms with Crippen molar-refractivity contribution in [2.24, 2.45) is 5.41 Å². The largest absolute Gasteiger partial charge is 0.505 e. The molecular formula is C20H24FNO4S. The van der Waals surface area contributed by atoms with Crippen molar-refractivity contribution in [3.05, 3.63) is 53.8 Å². The Morgan fingerprint density at radius 1 is 1.26 bits per heavy atom. The number of benzene rings is 2. The molecule has 0 bridgehead atoms. The Morgan fingerprint density at radius 3 is 2.48 bits per heavy atom. The predicted molar refractivity (Wildman–Crippen MR) is 105 cm³/mol. The molecule has 0 aromatic heterocycles. The fourth-order valence-corrected chi connectivity index (χ4v) is 3.12. The Balaban J connectivity index is 2.22. The van der Waals surface area contributed by atoms with Crippen molar-refractivity contribution in [2.75, 3.05) is 18.2 Å². The molecule has 2 rings (SSSR count). The molecule has 0 unspecified atom stereocenters.